The van der Waals surface area contributed by atoms with Crippen LogP contribution in [0.1, 0.15) is 37.1 Å². The summed E-state index contributed by atoms with van der Waals surface area (Å²) in [5.41, 5.74) is 1.10. The molecule has 2 N–H and O–H groups in total. The van der Waals surface area contributed by atoms with Gasteiger partial charge in [-0.2, -0.15) is 5.10 Å². The van der Waals surface area contributed by atoms with Crippen LogP contribution in [0.2, 0.25) is 0 Å². The van der Waals surface area contributed by atoms with Crippen LogP contribution >= 0.6 is 0 Å². The Balaban J connectivity index is 1.47. The molecule has 1 aliphatic rings. The second kappa shape index (κ2) is 9.84. The first-order valence-corrected chi connectivity index (χ1v) is 10.2. The Morgan fingerprint density at radius 3 is 2.38 bits per heavy atom. The smallest absolute Gasteiger partial charge is 0.234 e. The highest BCUT2D eigenvalue weighted by atomic mass is 16.5. The maximum Gasteiger partial charge on any atom is 0.234 e. The molecule has 29 heavy (non-hydrogen) atoms. The van der Waals surface area contributed by atoms with Gasteiger partial charge in [-0.25, -0.2) is 4.98 Å². The minimum atomic E-state index is -0.0105. The summed E-state index contributed by atoms with van der Waals surface area (Å²) in [6, 6.07) is 7.90. The molecule has 1 amide bonds. The van der Waals surface area contributed by atoms with Gasteiger partial charge in [-0.05, 0) is 30.5 Å². The SMILES string of the molecule is COc1ccc([C@H](NC(=O)CN2CCN(Cc3n[nH]c(C)n3)CC2)C(C)C)cc1. The van der Waals surface area contributed by atoms with Crippen LogP contribution in [-0.2, 0) is 11.3 Å². The van der Waals surface area contributed by atoms with Crippen LogP contribution in [-0.4, -0.2) is 70.7 Å². The quantitative estimate of drug-likeness (QED) is 0.702. The molecule has 158 valence electrons. The molecule has 1 aromatic heterocycles. The number of ether oxygens (including phenoxy) is 1. The Kier molecular flexibility index (Phi) is 7.22. The first-order valence-electron chi connectivity index (χ1n) is 10.2. The van der Waals surface area contributed by atoms with Crippen molar-refractivity contribution in [2.75, 3.05) is 39.8 Å². The van der Waals surface area contributed by atoms with Gasteiger partial charge >= 0.3 is 0 Å². The zero-order valence-electron chi connectivity index (χ0n) is 17.8. The molecule has 2 aromatic rings. The largest absolute Gasteiger partial charge is 0.497 e. The summed E-state index contributed by atoms with van der Waals surface area (Å²) >= 11 is 0. The fourth-order valence-electron chi connectivity index (χ4n) is 3.63. The number of H-pyrrole nitrogens is 1. The lowest BCUT2D eigenvalue weighted by atomic mass is 9.96. The summed E-state index contributed by atoms with van der Waals surface area (Å²) in [5, 5.41) is 10.3. The molecule has 0 saturated carbocycles. The van der Waals surface area contributed by atoms with Crippen molar-refractivity contribution >= 4 is 5.91 Å². The summed E-state index contributed by atoms with van der Waals surface area (Å²) in [7, 11) is 1.66. The minimum Gasteiger partial charge on any atom is -0.497 e. The summed E-state index contributed by atoms with van der Waals surface area (Å²) in [6.45, 7) is 10.9. The second-order valence-corrected chi connectivity index (χ2v) is 7.95. The Labute approximate surface area is 172 Å². The van der Waals surface area contributed by atoms with E-state index in [2.05, 4.69) is 44.1 Å². The van der Waals surface area contributed by atoms with Crippen molar-refractivity contribution in [1.29, 1.82) is 0 Å². The third-order valence-corrected chi connectivity index (χ3v) is 5.30. The van der Waals surface area contributed by atoms with Crippen molar-refractivity contribution in [3.05, 3.63) is 41.5 Å². The van der Waals surface area contributed by atoms with Gasteiger partial charge in [0, 0.05) is 26.2 Å². The normalized spacial score (nSPS) is 16.7. The van der Waals surface area contributed by atoms with E-state index in [-0.39, 0.29) is 11.9 Å². The number of nitrogens with one attached hydrogen (secondary N) is 2. The van der Waals surface area contributed by atoms with Gasteiger partial charge in [0.05, 0.1) is 26.2 Å². The molecule has 1 aromatic carbocycles. The first kappa shape index (κ1) is 21.3. The number of amides is 1. The minimum absolute atomic E-state index is 0.0105. The number of aromatic amines is 1. The van der Waals surface area contributed by atoms with Gasteiger partial charge in [-0.15, -0.1) is 0 Å². The molecule has 0 unspecified atom stereocenters. The monoisotopic (exact) mass is 400 g/mol. The second-order valence-electron chi connectivity index (χ2n) is 7.95. The zero-order chi connectivity index (χ0) is 20.8. The number of carbonyl (C=O) groups is 1. The van der Waals surface area contributed by atoms with Gasteiger partial charge in [0.1, 0.15) is 11.6 Å². The maximum absolute atomic E-state index is 12.7. The van der Waals surface area contributed by atoms with Gasteiger partial charge in [-0.3, -0.25) is 19.7 Å². The molecule has 1 fully saturated rings. The number of rotatable bonds is 8. The average molecular weight is 401 g/mol. The Morgan fingerprint density at radius 2 is 1.83 bits per heavy atom. The van der Waals surface area contributed by atoms with Crippen LogP contribution in [0.4, 0.5) is 0 Å². The van der Waals surface area contributed by atoms with E-state index < -0.39 is 0 Å². The lowest BCUT2D eigenvalue weighted by Crippen LogP contribution is -2.49. The molecule has 1 saturated heterocycles. The third kappa shape index (κ3) is 6.01. The third-order valence-electron chi connectivity index (χ3n) is 5.30. The standard InChI is InChI=1S/C21H32N6O2/c1-15(2)21(17-5-7-18(29-4)8-6-17)23-20(28)14-27-11-9-26(10-12-27)13-19-22-16(3)24-25-19/h5-8,15,21H,9-14H2,1-4H3,(H,23,28)(H,22,24,25)/t21-/m1/s1. The molecule has 1 atom stereocenters. The van der Waals surface area contributed by atoms with Crippen molar-refractivity contribution in [2.24, 2.45) is 5.92 Å². The Morgan fingerprint density at radius 1 is 1.17 bits per heavy atom. The number of carbonyl (C=O) groups excluding carboxylic acids is 1. The van der Waals surface area contributed by atoms with E-state index in [9.17, 15) is 4.79 Å². The summed E-state index contributed by atoms with van der Waals surface area (Å²) in [6.07, 6.45) is 0. The Bertz CT molecular complexity index is 781. The van der Waals surface area contributed by atoms with Crippen molar-refractivity contribution in [2.45, 2.75) is 33.4 Å². The van der Waals surface area contributed by atoms with Crippen LogP contribution < -0.4 is 10.1 Å². The molecule has 0 aliphatic carbocycles. The fourth-order valence-corrected chi connectivity index (χ4v) is 3.63. The summed E-state index contributed by atoms with van der Waals surface area (Å²) < 4.78 is 5.23. The number of methoxy groups -OCH3 is 1. The van der Waals surface area contributed by atoms with Crippen molar-refractivity contribution in [3.63, 3.8) is 0 Å². The highest BCUT2D eigenvalue weighted by Gasteiger charge is 2.23. The van der Waals surface area contributed by atoms with Crippen LogP contribution in [0.25, 0.3) is 0 Å². The van der Waals surface area contributed by atoms with E-state index >= 15 is 0 Å². The molecular formula is C21H32N6O2. The van der Waals surface area contributed by atoms with Crippen molar-refractivity contribution < 1.29 is 9.53 Å². The van der Waals surface area contributed by atoms with Gasteiger partial charge in [0.2, 0.25) is 5.91 Å². The van der Waals surface area contributed by atoms with E-state index in [0.29, 0.717) is 12.5 Å². The number of hydrogen-bond acceptors (Lipinski definition) is 6. The van der Waals surface area contributed by atoms with Gasteiger partial charge in [-0.1, -0.05) is 26.0 Å². The van der Waals surface area contributed by atoms with E-state index in [1.165, 1.54) is 0 Å². The molecular weight excluding hydrogens is 368 g/mol. The number of aryl methyl sites for hydroxylation is 1. The van der Waals surface area contributed by atoms with Crippen LogP contribution in [0.5, 0.6) is 5.75 Å². The van der Waals surface area contributed by atoms with Crippen molar-refractivity contribution in [3.8, 4) is 5.75 Å². The van der Waals surface area contributed by atoms with Crippen LogP contribution in [0, 0.1) is 12.8 Å². The average Bonchev–Trinajstić information content (AvgIpc) is 3.12. The molecule has 3 rings (SSSR count). The molecule has 0 spiro atoms. The Hall–Kier alpha value is -2.45. The molecule has 0 bridgehead atoms. The number of hydrogen-bond donors (Lipinski definition) is 2. The van der Waals surface area contributed by atoms with E-state index in [1.807, 2.05) is 31.2 Å². The highest BCUT2D eigenvalue weighted by Crippen LogP contribution is 2.24. The van der Waals surface area contributed by atoms with Crippen molar-refractivity contribution in [1.82, 2.24) is 30.3 Å². The summed E-state index contributed by atoms with van der Waals surface area (Å²) in [4.78, 5) is 21.6. The fraction of sp³-hybridized carbons (Fsp3) is 0.571. The predicted molar refractivity (Wildman–Crippen MR) is 112 cm³/mol. The highest BCUT2D eigenvalue weighted by molar-refractivity contribution is 5.78. The van der Waals surface area contributed by atoms with Gasteiger partial charge in [0.25, 0.3) is 0 Å². The zero-order valence-corrected chi connectivity index (χ0v) is 17.8. The van der Waals surface area contributed by atoms with Crippen LogP contribution in [0.15, 0.2) is 24.3 Å². The predicted octanol–water partition coefficient (Wildman–Crippen LogP) is 1.75. The van der Waals surface area contributed by atoms with Crippen LogP contribution in [0.3, 0.4) is 0 Å². The number of benzene rings is 1. The van der Waals surface area contributed by atoms with E-state index in [0.717, 1.165) is 55.7 Å². The lowest BCUT2D eigenvalue weighted by Gasteiger charge is -2.34. The molecule has 0 radical (unpaired) electrons. The van der Waals surface area contributed by atoms with E-state index in [4.69, 9.17) is 4.74 Å². The lowest BCUT2D eigenvalue weighted by molar-refractivity contribution is -0.123. The number of nitrogens with zero attached hydrogens (tertiary/aromatic N) is 4. The van der Waals surface area contributed by atoms with Gasteiger partial charge < -0.3 is 10.1 Å². The number of aromatic nitrogens is 3. The van der Waals surface area contributed by atoms with Gasteiger partial charge in [0.15, 0.2) is 5.82 Å². The van der Waals surface area contributed by atoms with E-state index in [1.54, 1.807) is 7.11 Å². The topological polar surface area (TPSA) is 86.4 Å². The first-order chi connectivity index (χ1) is 13.9. The molecule has 8 nitrogen and oxygen atoms in total. The summed E-state index contributed by atoms with van der Waals surface area (Å²) in [5.74, 6) is 2.85. The molecule has 8 heteroatoms. The number of piperazine rings is 1. The molecule has 1 aliphatic heterocycles. The molecule has 2 heterocycles. The maximum atomic E-state index is 12.7.